The van der Waals surface area contributed by atoms with Crippen molar-refractivity contribution in [1.82, 2.24) is 5.43 Å². The topological polar surface area (TPSA) is 58.4 Å². The summed E-state index contributed by atoms with van der Waals surface area (Å²) in [6, 6.07) is 8.42. The first-order valence-electron chi connectivity index (χ1n) is 9.27. The van der Waals surface area contributed by atoms with Crippen molar-refractivity contribution in [2.45, 2.75) is 25.7 Å². The van der Waals surface area contributed by atoms with Crippen LogP contribution in [0.3, 0.4) is 0 Å². The van der Waals surface area contributed by atoms with E-state index in [4.69, 9.17) is 4.74 Å². The monoisotopic (exact) mass is 357 g/mol. The second-order valence-corrected chi connectivity index (χ2v) is 7.43. The molecule has 0 aliphatic carbocycles. The Morgan fingerprint density at radius 3 is 2.81 bits per heavy atom. The zero-order valence-corrected chi connectivity index (χ0v) is 15.9. The van der Waals surface area contributed by atoms with Crippen LogP contribution in [0.5, 0.6) is 0 Å². The van der Waals surface area contributed by atoms with Crippen LogP contribution in [0.4, 0.5) is 5.69 Å². The van der Waals surface area contributed by atoms with Crippen LogP contribution in [0, 0.1) is 0 Å². The lowest BCUT2D eigenvalue weighted by Gasteiger charge is -2.23. The van der Waals surface area contributed by atoms with Gasteiger partial charge < -0.3 is 14.5 Å². The number of ether oxygens (including phenoxy) is 1. The van der Waals surface area contributed by atoms with Crippen molar-refractivity contribution >= 4 is 17.8 Å². The Hall–Kier alpha value is -2.18. The number of morpholine rings is 1. The van der Waals surface area contributed by atoms with Crippen molar-refractivity contribution in [2.24, 2.45) is 5.10 Å². The lowest BCUT2D eigenvalue weighted by molar-refractivity contribution is -0.907. The molecule has 3 rings (SSSR count). The molecule has 6 heteroatoms. The molecule has 140 valence electrons. The number of likely N-dealkylation sites (N-methyl/N-ethyl adjacent to an activating group) is 1. The Morgan fingerprint density at radius 1 is 1.35 bits per heavy atom. The maximum absolute atomic E-state index is 12.0. The number of fused-ring (bicyclic) bond motifs is 1. The molecule has 1 saturated heterocycles. The van der Waals surface area contributed by atoms with Gasteiger partial charge in [-0.15, -0.1) is 0 Å². The summed E-state index contributed by atoms with van der Waals surface area (Å²) in [6.45, 7) is 8.77. The first-order valence-corrected chi connectivity index (χ1v) is 9.27. The number of rotatable bonds is 5. The van der Waals surface area contributed by atoms with Crippen LogP contribution in [0.25, 0.3) is 0 Å². The van der Waals surface area contributed by atoms with Gasteiger partial charge in [0, 0.05) is 30.1 Å². The molecule has 1 aromatic rings. The number of hydrazone groups is 1. The average molecular weight is 357 g/mol. The molecule has 2 heterocycles. The Kier molecular flexibility index (Phi) is 5.74. The summed E-state index contributed by atoms with van der Waals surface area (Å²) < 4.78 is 5.33. The van der Waals surface area contributed by atoms with E-state index >= 15 is 0 Å². The second kappa shape index (κ2) is 8.01. The summed E-state index contributed by atoms with van der Waals surface area (Å²) in [7, 11) is 2.07. The van der Waals surface area contributed by atoms with E-state index in [9.17, 15) is 4.79 Å². The van der Waals surface area contributed by atoms with Crippen molar-refractivity contribution in [1.29, 1.82) is 0 Å². The van der Waals surface area contributed by atoms with Gasteiger partial charge in [0.1, 0.15) is 13.1 Å². The van der Waals surface area contributed by atoms with E-state index in [0.717, 1.165) is 38.5 Å². The predicted molar refractivity (Wildman–Crippen MR) is 104 cm³/mol. The minimum absolute atomic E-state index is 0.0408. The molecule has 2 N–H and O–H groups in total. The zero-order chi connectivity index (χ0) is 18.6. The molecule has 0 saturated carbocycles. The van der Waals surface area contributed by atoms with Gasteiger partial charge in [-0.3, -0.25) is 4.79 Å². The highest BCUT2D eigenvalue weighted by molar-refractivity contribution is 5.81. The zero-order valence-electron chi connectivity index (χ0n) is 15.9. The van der Waals surface area contributed by atoms with Gasteiger partial charge in [0.25, 0.3) is 0 Å². The molecule has 0 spiro atoms. The van der Waals surface area contributed by atoms with E-state index in [1.54, 1.807) is 6.21 Å². The largest absolute Gasteiger partial charge is 0.370 e. The number of allylic oxidation sites excluding steroid dienone is 2. The van der Waals surface area contributed by atoms with E-state index in [2.05, 4.69) is 60.6 Å². The van der Waals surface area contributed by atoms with Crippen molar-refractivity contribution in [3.05, 3.63) is 41.6 Å². The van der Waals surface area contributed by atoms with Gasteiger partial charge in [-0.2, -0.15) is 5.10 Å². The fraction of sp³-hybridized carbons (Fsp3) is 0.500. The van der Waals surface area contributed by atoms with Crippen LogP contribution in [-0.4, -0.2) is 52.0 Å². The van der Waals surface area contributed by atoms with Crippen LogP contribution in [-0.2, 0) is 14.9 Å². The van der Waals surface area contributed by atoms with Gasteiger partial charge in [0.15, 0.2) is 0 Å². The minimum atomic E-state index is -0.0823. The molecule has 2 aliphatic heterocycles. The third-order valence-electron chi connectivity index (χ3n) is 5.34. The quantitative estimate of drug-likeness (QED) is 0.603. The Morgan fingerprint density at radius 2 is 2.08 bits per heavy atom. The molecule has 1 fully saturated rings. The Labute approximate surface area is 155 Å². The standard InChI is InChI=1S/C20H28N4O2/c1-20(2)16-6-4-5-7-17(16)23(3)18(20)8-10-21-22-19(25)9-11-24-12-14-26-15-13-24/h4-8,10H,9,11-15H2,1-3H3,(H,22,25)/p+1/b18-8-,21-10-. The first-order chi connectivity index (χ1) is 12.5. The van der Waals surface area contributed by atoms with Crippen molar-refractivity contribution in [2.75, 3.05) is 44.8 Å². The van der Waals surface area contributed by atoms with E-state index in [0.29, 0.717) is 6.42 Å². The van der Waals surface area contributed by atoms with Gasteiger partial charge in [-0.25, -0.2) is 5.43 Å². The van der Waals surface area contributed by atoms with Crippen molar-refractivity contribution < 1.29 is 14.4 Å². The summed E-state index contributed by atoms with van der Waals surface area (Å²) in [5, 5.41) is 4.10. The highest BCUT2D eigenvalue weighted by Crippen LogP contribution is 2.46. The number of anilines is 1. The van der Waals surface area contributed by atoms with Gasteiger partial charge in [0.2, 0.25) is 5.91 Å². The van der Waals surface area contributed by atoms with Crippen LogP contribution >= 0.6 is 0 Å². The number of hydrogen-bond acceptors (Lipinski definition) is 4. The Balaban J connectivity index is 1.53. The van der Waals surface area contributed by atoms with E-state index in [1.165, 1.54) is 16.2 Å². The molecule has 0 unspecified atom stereocenters. The lowest BCUT2D eigenvalue weighted by atomic mass is 9.84. The molecule has 0 aromatic heterocycles. The van der Waals surface area contributed by atoms with E-state index in [1.807, 2.05) is 6.08 Å². The summed E-state index contributed by atoms with van der Waals surface area (Å²) >= 11 is 0. The summed E-state index contributed by atoms with van der Waals surface area (Å²) in [4.78, 5) is 15.6. The third-order valence-corrected chi connectivity index (χ3v) is 5.34. The maximum Gasteiger partial charge on any atom is 0.245 e. The fourth-order valence-corrected chi connectivity index (χ4v) is 3.78. The van der Waals surface area contributed by atoms with Crippen molar-refractivity contribution in [3.8, 4) is 0 Å². The van der Waals surface area contributed by atoms with Crippen molar-refractivity contribution in [3.63, 3.8) is 0 Å². The molecule has 2 aliphatic rings. The Bertz CT molecular complexity index is 706. The molecule has 6 nitrogen and oxygen atoms in total. The molecule has 1 amide bonds. The van der Waals surface area contributed by atoms with Gasteiger partial charge >= 0.3 is 0 Å². The van der Waals surface area contributed by atoms with Crippen LogP contribution in [0.2, 0.25) is 0 Å². The average Bonchev–Trinajstić information content (AvgIpc) is 2.85. The minimum Gasteiger partial charge on any atom is -0.370 e. The number of benzene rings is 1. The van der Waals surface area contributed by atoms with Crippen LogP contribution in [0.15, 0.2) is 41.1 Å². The molecule has 0 radical (unpaired) electrons. The van der Waals surface area contributed by atoms with E-state index in [-0.39, 0.29) is 11.3 Å². The highest BCUT2D eigenvalue weighted by atomic mass is 16.5. The lowest BCUT2D eigenvalue weighted by Crippen LogP contribution is -3.14. The van der Waals surface area contributed by atoms with Gasteiger partial charge in [-0.1, -0.05) is 32.0 Å². The molecular weight excluding hydrogens is 328 g/mol. The fourth-order valence-electron chi connectivity index (χ4n) is 3.78. The number of carbonyl (C=O) groups is 1. The number of quaternary nitrogens is 1. The smallest absolute Gasteiger partial charge is 0.245 e. The van der Waals surface area contributed by atoms with E-state index < -0.39 is 0 Å². The number of hydrogen-bond donors (Lipinski definition) is 2. The number of nitrogens with zero attached hydrogens (tertiary/aromatic N) is 2. The normalized spacial score (nSPS) is 21.3. The maximum atomic E-state index is 12.0. The molecular formula is C20H29N4O2+. The number of carbonyl (C=O) groups excluding carboxylic acids is 1. The molecule has 0 bridgehead atoms. The molecule has 26 heavy (non-hydrogen) atoms. The summed E-state index contributed by atoms with van der Waals surface area (Å²) in [5.41, 5.74) is 6.23. The SMILES string of the molecule is CN1/C(=C\C=N/NC(=O)CC[NH+]2CCOCC2)C(C)(C)c2ccccc21. The van der Waals surface area contributed by atoms with Crippen LogP contribution in [0.1, 0.15) is 25.8 Å². The summed E-state index contributed by atoms with van der Waals surface area (Å²) in [6.07, 6.45) is 4.15. The van der Waals surface area contributed by atoms with Gasteiger partial charge in [0.05, 0.1) is 26.2 Å². The number of nitrogens with one attached hydrogen (secondary N) is 2. The van der Waals surface area contributed by atoms with Crippen LogP contribution < -0.4 is 15.2 Å². The first kappa shape index (κ1) is 18.6. The number of amides is 1. The second-order valence-electron chi connectivity index (χ2n) is 7.43. The molecule has 0 atom stereocenters. The highest BCUT2D eigenvalue weighted by Gasteiger charge is 2.37. The predicted octanol–water partition coefficient (Wildman–Crippen LogP) is 0.705. The molecule has 1 aromatic carbocycles. The number of para-hydroxylation sites is 1. The van der Waals surface area contributed by atoms with Gasteiger partial charge in [-0.05, 0) is 17.7 Å². The summed E-state index contributed by atoms with van der Waals surface area (Å²) in [5.74, 6) is -0.0408. The third kappa shape index (κ3) is 3.97.